The standard InChI is InChI=1S/C30H47NO8/c1-8-11-20(6)30(36)37-17-21(7)27(28(31)29(34)35)22-12-13-23(38-25(32)14-18(4)9-2)24(16-22)39-26(33)15-19(5)10-3/h12-13,16,18-21,27-28H,8-11,14-15,17,31H2,1-7H3,(H,34,35)/t18?,19?,20?,21?,27?,28-/m0/s1. The molecular formula is C30H47NO8. The Bertz CT molecular complexity index is 962. The lowest BCUT2D eigenvalue weighted by molar-refractivity contribution is -0.150. The molecule has 9 heteroatoms. The summed E-state index contributed by atoms with van der Waals surface area (Å²) in [6.07, 6.45) is 3.48. The predicted octanol–water partition coefficient (Wildman–Crippen LogP) is 5.48. The van der Waals surface area contributed by atoms with Crippen molar-refractivity contribution in [3.8, 4) is 11.5 Å². The summed E-state index contributed by atoms with van der Waals surface area (Å²) >= 11 is 0. The zero-order valence-corrected chi connectivity index (χ0v) is 24.5. The number of carbonyl (C=O) groups is 4. The van der Waals surface area contributed by atoms with Gasteiger partial charge in [-0.2, -0.15) is 0 Å². The molecule has 1 rings (SSSR count). The van der Waals surface area contributed by atoms with Crippen LogP contribution in [0.4, 0.5) is 0 Å². The molecule has 0 aliphatic carbocycles. The fraction of sp³-hybridized carbons (Fsp3) is 0.667. The third-order valence-electron chi connectivity index (χ3n) is 7.12. The molecule has 5 unspecified atom stereocenters. The Balaban J connectivity index is 3.36. The average Bonchev–Trinajstić information content (AvgIpc) is 2.88. The maximum Gasteiger partial charge on any atom is 0.321 e. The van der Waals surface area contributed by atoms with Crippen LogP contribution in [0.2, 0.25) is 0 Å². The summed E-state index contributed by atoms with van der Waals surface area (Å²) in [7, 11) is 0. The highest BCUT2D eigenvalue weighted by atomic mass is 16.6. The van der Waals surface area contributed by atoms with Crippen LogP contribution in [0.3, 0.4) is 0 Å². The topological polar surface area (TPSA) is 142 Å². The first kappa shape index (κ1) is 34.1. The Kier molecular flexibility index (Phi) is 14.8. The molecule has 0 spiro atoms. The molecule has 0 heterocycles. The lowest BCUT2D eigenvalue weighted by Gasteiger charge is -2.28. The van der Waals surface area contributed by atoms with Gasteiger partial charge in [0.2, 0.25) is 0 Å². The summed E-state index contributed by atoms with van der Waals surface area (Å²) in [6, 6.07) is 3.25. The number of ether oxygens (including phenoxy) is 3. The van der Waals surface area contributed by atoms with E-state index in [0.29, 0.717) is 12.0 Å². The molecule has 0 radical (unpaired) electrons. The van der Waals surface area contributed by atoms with Gasteiger partial charge in [0.15, 0.2) is 11.5 Å². The van der Waals surface area contributed by atoms with E-state index in [0.717, 1.165) is 19.3 Å². The van der Waals surface area contributed by atoms with Crippen LogP contribution in [-0.2, 0) is 23.9 Å². The summed E-state index contributed by atoms with van der Waals surface area (Å²) in [4.78, 5) is 49.4. The van der Waals surface area contributed by atoms with E-state index >= 15 is 0 Å². The molecule has 0 saturated carbocycles. The fourth-order valence-corrected chi connectivity index (χ4v) is 4.14. The van der Waals surface area contributed by atoms with E-state index in [4.69, 9.17) is 19.9 Å². The first-order valence-electron chi connectivity index (χ1n) is 14.0. The summed E-state index contributed by atoms with van der Waals surface area (Å²) in [6.45, 7) is 13.3. The van der Waals surface area contributed by atoms with E-state index in [9.17, 15) is 24.3 Å². The number of nitrogens with two attached hydrogens (primary N) is 1. The third-order valence-corrected chi connectivity index (χ3v) is 7.12. The van der Waals surface area contributed by atoms with Gasteiger partial charge >= 0.3 is 23.9 Å². The zero-order chi connectivity index (χ0) is 29.7. The van der Waals surface area contributed by atoms with Gasteiger partial charge in [0.1, 0.15) is 6.04 Å². The minimum atomic E-state index is -1.32. The molecule has 1 aromatic carbocycles. The molecule has 0 fully saturated rings. The largest absolute Gasteiger partial charge is 0.480 e. The van der Waals surface area contributed by atoms with E-state index in [1.807, 2.05) is 34.6 Å². The van der Waals surface area contributed by atoms with Crippen LogP contribution in [0.25, 0.3) is 0 Å². The third kappa shape index (κ3) is 11.4. The Labute approximate surface area is 232 Å². The van der Waals surface area contributed by atoms with Crippen molar-refractivity contribution in [3.63, 3.8) is 0 Å². The van der Waals surface area contributed by atoms with Crippen LogP contribution in [0.5, 0.6) is 11.5 Å². The average molecular weight is 550 g/mol. The number of benzene rings is 1. The molecule has 0 aromatic heterocycles. The molecule has 3 N–H and O–H groups in total. The van der Waals surface area contributed by atoms with Gasteiger partial charge in [-0.3, -0.25) is 19.2 Å². The maximum absolute atomic E-state index is 12.7. The first-order chi connectivity index (χ1) is 18.3. The van der Waals surface area contributed by atoms with Gasteiger partial charge in [-0.1, -0.05) is 73.8 Å². The highest BCUT2D eigenvalue weighted by Crippen LogP contribution is 2.36. The molecule has 0 saturated heterocycles. The Morgan fingerprint density at radius 1 is 0.872 bits per heavy atom. The number of esters is 3. The number of hydrogen-bond donors (Lipinski definition) is 2. The van der Waals surface area contributed by atoms with Crippen LogP contribution in [0.1, 0.15) is 98.5 Å². The van der Waals surface area contributed by atoms with E-state index < -0.39 is 35.8 Å². The summed E-state index contributed by atoms with van der Waals surface area (Å²) < 4.78 is 16.7. The van der Waals surface area contributed by atoms with Crippen molar-refractivity contribution in [1.82, 2.24) is 0 Å². The van der Waals surface area contributed by atoms with Gasteiger partial charge < -0.3 is 25.1 Å². The SMILES string of the molecule is CCCC(C)C(=O)OCC(C)C(c1ccc(OC(=O)CC(C)CC)c(OC(=O)CC(C)CC)c1)[C@H](N)C(=O)O. The van der Waals surface area contributed by atoms with Crippen molar-refractivity contribution >= 4 is 23.9 Å². The number of rotatable bonds is 17. The van der Waals surface area contributed by atoms with E-state index in [-0.39, 0.29) is 54.7 Å². The summed E-state index contributed by atoms with van der Waals surface area (Å²) in [5.41, 5.74) is 6.56. The summed E-state index contributed by atoms with van der Waals surface area (Å²) in [5.74, 6) is -3.76. The molecular weight excluding hydrogens is 502 g/mol. The lowest BCUT2D eigenvalue weighted by Crippen LogP contribution is -2.40. The quantitative estimate of drug-likeness (QED) is 0.191. The van der Waals surface area contributed by atoms with Crippen LogP contribution >= 0.6 is 0 Å². The normalized spacial score (nSPS) is 15.8. The minimum Gasteiger partial charge on any atom is -0.480 e. The first-order valence-corrected chi connectivity index (χ1v) is 14.0. The van der Waals surface area contributed by atoms with Gasteiger partial charge in [0.05, 0.1) is 12.5 Å². The number of carboxylic acid groups (broad SMARTS) is 1. The number of carboxylic acids is 1. The molecule has 1 aromatic rings. The molecule has 0 aliphatic rings. The molecule has 220 valence electrons. The smallest absolute Gasteiger partial charge is 0.321 e. The second-order valence-corrected chi connectivity index (χ2v) is 10.8. The number of hydrogen-bond acceptors (Lipinski definition) is 8. The number of carbonyl (C=O) groups excluding carboxylic acids is 3. The molecule has 0 aliphatic heterocycles. The zero-order valence-electron chi connectivity index (χ0n) is 24.5. The fourth-order valence-electron chi connectivity index (χ4n) is 4.14. The molecule has 0 bridgehead atoms. The number of aliphatic carboxylic acids is 1. The highest BCUT2D eigenvalue weighted by molar-refractivity contribution is 5.77. The van der Waals surface area contributed by atoms with Crippen molar-refractivity contribution < 1.29 is 38.5 Å². The molecule has 9 nitrogen and oxygen atoms in total. The van der Waals surface area contributed by atoms with Crippen molar-refractivity contribution in [2.24, 2.45) is 29.4 Å². The Morgan fingerprint density at radius 3 is 1.90 bits per heavy atom. The van der Waals surface area contributed by atoms with Gasteiger partial charge in [0, 0.05) is 18.8 Å². The molecule has 39 heavy (non-hydrogen) atoms. The van der Waals surface area contributed by atoms with Crippen LogP contribution in [0, 0.1) is 23.7 Å². The van der Waals surface area contributed by atoms with Gasteiger partial charge in [-0.15, -0.1) is 0 Å². The van der Waals surface area contributed by atoms with Crippen LogP contribution in [0.15, 0.2) is 18.2 Å². The second-order valence-electron chi connectivity index (χ2n) is 10.8. The molecule has 0 amide bonds. The predicted molar refractivity (Wildman–Crippen MR) is 148 cm³/mol. The van der Waals surface area contributed by atoms with Gasteiger partial charge in [0.25, 0.3) is 0 Å². The lowest BCUT2D eigenvalue weighted by atomic mass is 9.82. The van der Waals surface area contributed by atoms with Gasteiger partial charge in [-0.25, -0.2) is 0 Å². The van der Waals surface area contributed by atoms with E-state index in [1.165, 1.54) is 12.1 Å². The monoisotopic (exact) mass is 549 g/mol. The minimum absolute atomic E-state index is 0.0154. The van der Waals surface area contributed by atoms with Crippen molar-refractivity contribution in [2.75, 3.05) is 6.61 Å². The van der Waals surface area contributed by atoms with Crippen LogP contribution in [-0.4, -0.2) is 41.6 Å². The van der Waals surface area contributed by atoms with Crippen LogP contribution < -0.4 is 15.2 Å². The Hall–Kier alpha value is -2.94. The Morgan fingerprint density at radius 2 is 1.41 bits per heavy atom. The van der Waals surface area contributed by atoms with Crippen molar-refractivity contribution in [1.29, 1.82) is 0 Å². The molecule has 6 atom stereocenters. The maximum atomic E-state index is 12.7. The van der Waals surface area contributed by atoms with Gasteiger partial charge in [-0.05, 0) is 41.9 Å². The van der Waals surface area contributed by atoms with Crippen molar-refractivity contribution in [2.45, 2.75) is 99.0 Å². The second kappa shape index (κ2) is 16.9. The highest BCUT2D eigenvalue weighted by Gasteiger charge is 2.33. The summed E-state index contributed by atoms with van der Waals surface area (Å²) in [5, 5.41) is 9.73. The van der Waals surface area contributed by atoms with Crippen molar-refractivity contribution in [3.05, 3.63) is 23.8 Å². The van der Waals surface area contributed by atoms with E-state index in [1.54, 1.807) is 19.9 Å². The van der Waals surface area contributed by atoms with E-state index in [2.05, 4.69) is 0 Å².